The lowest BCUT2D eigenvalue weighted by Gasteiger charge is -2.19. The van der Waals surface area contributed by atoms with Crippen LogP contribution < -0.4 is 0 Å². The molecule has 4 nitrogen and oxygen atoms in total. The molecule has 0 aliphatic carbocycles. The van der Waals surface area contributed by atoms with Gasteiger partial charge in [0.1, 0.15) is 6.61 Å². The quantitative estimate of drug-likeness (QED) is 0.629. The van der Waals surface area contributed by atoms with Crippen molar-refractivity contribution in [3.63, 3.8) is 0 Å². The molecule has 0 amide bonds. The molecule has 0 aromatic heterocycles. The summed E-state index contributed by atoms with van der Waals surface area (Å²) in [7, 11) is 0. The van der Waals surface area contributed by atoms with E-state index in [4.69, 9.17) is 14.2 Å². The Balaban J connectivity index is 3.35. The summed E-state index contributed by atoms with van der Waals surface area (Å²) in [5, 5.41) is 0. The largest absolute Gasteiger partial charge is 0.377 e. The minimum absolute atomic E-state index is 0.110. The van der Waals surface area contributed by atoms with E-state index in [0.29, 0.717) is 26.4 Å². The predicted molar refractivity (Wildman–Crippen MR) is 71.8 cm³/mol. The summed E-state index contributed by atoms with van der Waals surface area (Å²) in [6, 6.07) is 0. The Labute approximate surface area is 111 Å². The molecule has 0 spiro atoms. The number of ketones is 1. The Morgan fingerprint density at radius 1 is 0.833 bits per heavy atom. The molecule has 0 radical (unpaired) electrons. The minimum Gasteiger partial charge on any atom is -0.377 e. The average molecular weight is 260 g/mol. The van der Waals surface area contributed by atoms with Crippen LogP contribution in [0.15, 0.2) is 0 Å². The zero-order valence-electron chi connectivity index (χ0n) is 12.7. The molecule has 0 heterocycles. The third-order valence-electron chi connectivity index (χ3n) is 2.20. The van der Waals surface area contributed by atoms with Crippen molar-refractivity contribution >= 4 is 5.78 Å². The van der Waals surface area contributed by atoms with E-state index in [1.165, 1.54) is 0 Å². The monoisotopic (exact) mass is 260 g/mol. The van der Waals surface area contributed by atoms with E-state index < -0.39 is 0 Å². The SMILES string of the molecule is CC(C)(C)OCCOCCOCC(=O)C(C)(C)C. The van der Waals surface area contributed by atoms with Gasteiger partial charge in [0.05, 0.1) is 32.0 Å². The normalized spacial score (nSPS) is 12.8. The van der Waals surface area contributed by atoms with Crippen molar-refractivity contribution in [2.75, 3.05) is 33.0 Å². The molecule has 108 valence electrons. The lowest BCUT2D eigenvalue weighted by atomic mass is 9.91. The van der Waals surface area contributed by atoms with Crippen molar-refractivity contribution in [1.29, 1.82) is 0 Å². The molecule has 0 atom stereocenters. The van der Waals surface area contributed by atoms with E-state index >= 15 is 0 Å². The highest BCUT2D eigenvalue weighted by Gasteiger charge is 2.20. The molecule has 0 N–H and O–H groups in total. The fourth-order valence-corrected chi connectivity index (χ4v) is 1.01. The summed E-state index contributed by atoms with van der Waals surface area (Å²) in [6.45, 7) is 13.9. The topological polar surface area (TPSA) is 44.8 Å². The van der Waals surface area contributed by atoms with Crippen molar-refractivity contribution in [2.45, 2.75) is 47.1 Å². The average Bonchev–Trinajstić information content (AvgIpc) is 2.18. The van der Waals surface area contributed by atoms with Crippen molar-refractivity contribution in [3.05, 3.63) is 0 Å². The fourth-order valence-electron chi connectivity index (χ4n) is 1.01. The van der Waals surface area contributed by atoms with Crippen LogP contribution in [0.2, 0.25) is 0 Å². The van der Waals surface area contributed by atoms with Crippen molar-refractivity contribution in [2.24, 2.45) is 5.41 Å². The first kappa shape index (κ1) is 17.6. The second kappa shape index (κ2) is 7.87. The standard InChI is InChI=1S/C14H28O4/c1-13(2,3)12(15)11-17-8-7-16-9-10-18-14(4,5)6/h7-11H2,1-6H3. The molecular formula is C14H28O4. The van der Waals surface area contributed by atoms with Crippen LogP contribution in [-0.4, -0.2) is 44.4 Å². The molecule has 0 saturated carbocycles. The summed E-state index contributed by atoms with van der Waals surface area (Å²) in [6.07, 6.45) is 0. The number of ether oxygens (including phenoxy) is 3. The van der Waals surface area contributed by atoms with Crippen LogP contribution in [-0.2, 0) is 19.0 Å². The van der Waals surface area contributed by atoms with Gasteiger partial charge in [0, 0.05) is 5.41 Å². The molecule has 0 aliphatic rings. The van der Waals surface area contributed by atoms with Gasteiger partial charge < -0.3 is 14.2 Å². The van der Waals surface area contributed by atoms with Crippen LogP contribution >= 0.6 is 0 Å². The van der Waals surface area contributed by atoms with Crippen molar-refractivity contribution in [3.8, 4) is 0 Å². The highest BCUT2D eigenvalue weighted by atomic mass is 16.5. The maximum absolute atomic E-state index is 11.5. The molecule has 0 bridgehead atoms. The molecule has 0 fully saturated rings. The van der Waals surface area contributed by atoms with Crippen molar-refractivity contribution in [1.82, 2.24) is 0 Å². The molecule has 0 aromatic carbocycles. The fraction of sp³-hybridized carbons (Fsp3) is 0.929. The van der Waals surface area contributed by atoms with Gasteiger partial charge in [0.25, 0.3) is 0 Å². The Hall–Kier alpha value is -0.450. The molecule has 18 heavy (non-hydrogen) atoms. The number of hydrogen-bond donors (Lipinski definition) is 0. The van der Waals surface area contributed by atoms with Crippen LogP contribution in [0.5, 0.6) is 0 Å². The maximum Gasteiger partial charge on any atom is 0.163 e. The van der Waals surface area contributed by atoms with E-state index in [0.717, 1.165) is 0 Å². The summed E-state index contributed by atoms with van der Waals surface area (Å²) >= 11 is 0. The summed E-state index contributed by atoms with van der Waals surface area (Å²) in [5.41, 5.74) is -0.458. The third kappa shape index (κ3) is 10.7. The van der Waals surface area contributed by atoms with Gasteiger partial charge in [-0.2, -0.15) is 0 Å². The lowest BCUT2D eigenvalue weighted by Crippen LogP contribution is -2.26. The predicted octanol–water partition coefficient (Wildman–Crippen LogP) is 2.45. The third-order valence-corrected chi connectivity index (χ3v) is 2.20. The Morgan fingerprint density at radius 2 is 1.33 bits per heavy atom. The van der Waals surface area contributed by atoms with Gasteiger partial charge in [-0.1, -0.05) is 20.8 Å². The van der Waals surface area contributed by atoms with E-state index in [1.54, 1.807) is 0 Å². The highest BCUT2D eigenvalue weighted by molar-refractivity contribution is 5.84. The van der Waals surface area contributed by atoms with Crippen LogP contribution in [0, 0.1) is 5.41 Å². The molecule has 0 unspecified atom stereocenters. The number of carbonyl (C=O) groups excluding carboxylic acids is 1. The molecule has 0 aromatic rings. The summed E-state index contributed by atoms with van der Waals surface area (Å²) < 4.78 is 16.1. The van der Waals surface area contributed by atoms with E-state index in [-0.39, 0.29) is 23.4 Å². The Bertz CT molecular complexity index is 235. The van der Waals surface area contributed by atoms with Gasteiger partial charge in [-0.3, -0.25) is 4.79 Å². The minimum atomic E-state index is -0.332. The van der Waals surface area contributed by atoms with Crippen LogP contribution in [0.4, 0.5) is 0 Å². The molecule has 4 heteroatoms. The second-order valence-electron chi connectivity index (χ2n) is 6.30. The van der Waals surface area contributed by atoms with E-state index in [2.05, 4.69) is 0 Å². The zero-order chi connectivity index (χ0) is 14.2. The Morgan fingerprint density at radius 3 is 1.83 bits per heavy atom. The highest BCUT2D eigenvalue weighted by Crippen LogP contribution is 2.14. The van der Waals surface area contributed by atoms with Crippen molar-refractivity contribution < 1.29 is 19.0 Å². The van der Waals surface area contributed by atoms with Gasteiger partial charge in [0.2, 0.25) is 0 Å². The number of Topliss-reactive ketones (excluding diaryl/α,β-unsaturated/α-hetero) is 1. The maximum atomic E-state index is 11.5. The second-order valence-corrected chi connectivity index (χ2v) is 6.30. The number of hydrogen-bond acceptors (Lipinski definition) is 4. The Kier molecular flexibility index (Phi) is 7.67. The molecule has 0 rings (SSSR count). The smallest absolute Gasteiger partial charge is 0.163 e. The van der Waals surface area contributed by atoms with E-state index in [9.17, 15) is 4.79 Å². The van der Waals surface area contributed by atoms with Gasteiger partial charge in [-0.05, 0) is 20.8 Å². The zero-order valence-corrected chi connectivity index (χ0v) is 12.7. The van der Waals surface area contributed by atoms with E-state index in [1.807, 2.05) is 41.5 Å². The van der Waals surface area contributed by atoms with Gasteiger partial charge >= 0.3 is 0 Å². The van der Waals surface area contributed by atoms with Gasteiger partial charge in [-0.25, -0.2) is 0 Å². The first-order chi connectivity index (χ1) is 8.13. The number of carbonyl (C=O) groups is 1. The van der Waals surface area contributed by atoms with Gasteiger partial charge in [-0.15, -0.1) is 0 Å². The molecule has 0 aliphatic heterocycles. The summed E-state index contributed by atoms with van der Waals surface area (Å²) in [5.74, 6) is 0.110. The van der Waals surface area contributed by atoms with Crippen LogP contribution in [0.3, 0.4) is 0 Å². The van der Waals surface area contributed by atoms with Gasteiger partial charge in [0.15, 0.2) is 5.78 Å². The number of rotatable bonds is 8. The van der Waals surface area contributed by atoms with Crippen LogP contribution in [0.25, 0.3) is 0 Å². The first-order valence-corrected chi connectivity index (χ1v) is 6.46. The van der Waals surface area contributed by atoms with Crippen LogP contribution in [0.1, 0.15) is 41.5 Å². The first-order valence-electron chi connectivity index (χ1n) is 6.46. The summed E-state index contributed by atoms with van der Waals surface area (Å²) in [4.78, 5) is 11.5. The molecular weight excluding hydrogens is 232 g/mol. The molecule has 0 saturated heterocycles. The lowest BCUT2D eigenvalue weighted by molar-refractivity contribution is -0.131.